The predicted molar refractivity (Wildman–Crippen MR) is 75.0 cm³/mol. The molecule has 0 radical (unpaired) electrons. The molecule has 7 nitrogen and oxygen atoms in total. The van der Waals surface area contributed by atoms with E-state index in [-0.39, 0.29) is 29.6 Å². The van der Waals surface area contributed by atoms with E-state index < -0.39 is 0 Å². The quantitative estimate of drug-likeness (QED) is 0.798. The van der Waals surface area contributed by atoms with Crippen LogP contribution < -0.4 is 11.1 Å². The molecule has 21 heavy (non-hydrogen) atoms. The van der Waals surface area contributed by atoms with Crippen molar-refractivity contribution in [3.05, 3.63) is 32.8 Å². The van der Waals surface area contributed by atoms with Gasteiger partial charge >= 0.3 is 0 Å². The monoisotopic (exact) mass is 293 g/mol. The highest BCUT2D eigenvalue weighted by molar-refractivity contribution is 5.76. The number of nitrogens with zero attached hydrogens (tertiary/aromatic N) is 2. The predicted octanol–water partition coefficient (Wildman–Crippen LogP) is -0.436. The van der Waals surface area contributed by atoms with Crippen molar-refractivity contribution in [2.45, 2.75) is 31.8 Å². The largest absolute Gasteiger partial charge is 0.381 e. The number of H-pyrrole nitrogens is 1. The van der Waals surface area contributed by atoms with Crippen LogP contribution in [0.4, 0.5) is 0 Å². The normalized spacial score (nSPS) is 21.4. The molecule has 1 unspecified atom stereocenters. The standard InChI is InChI=1S/C14H19N3O4/c18-12-3-4-13(19)17(15-12)8-14(20)16(11-1-2-11)7-10-5-6-21-9-10/h3-4,10-11H,1-2,5-9H2,(H,15,18). The van der Waals surface area contributed by atoms with Gasteiger partial charge in [0.05, 0.1) is 6.61 Å². The Morgan fingerprint density at radius 1 is 1.33 bits per heavy atom. The highest BCUT2D eigenvalue weighted by atomic mass is 16.5. The highest BCUT2D eigenvalue weighted by Gasteiger charge is 2.34. The lowest BCUT2D eigenvalue weighted by Gasteiger charge is -2.25. The topological polar surface area (TPSA) is 84.4 Å². The van der Waals surface area contributed by atoms with Gasteiger partial charge in [-0.25, -0.2) is 4.68 Å². The number of hydrogen-bond donors (Lipinski definition) is 1. The lowest BCUT2D eigenvalue weighted by Crippen LogP contribution is -2.42. The average molecular weight is 293 g/mol. The Kier molecular flexibility index (Phi) is 3.92. The van der Waals surface area contributed by atoms with Crippen LogP contribution in [0.5, 0.6) is 0 Å². The van der Waals surface area contributed by atoms with Crippen molar-refractivity contribution in [1.29, 1.82) is 0 Å². The molecular formula is C14H19N3O4. The number of amides is 1. The Balaban J connectivity index is 1.70. The molecule has 0 spiro atoms. The van der Waals surface area contributed by atoms with E-state index in [9.17, 15) is 14.4 Å². The van der Waals surface area contributed by atoms with Crippen molar-refractivity contribution in [3.8, 4) is 0 Å². The van der Waals surface area contributed by atoms with Crippen LogP contribution in [0.3, 0.4) is 0 Å². The van der Waals surface area contributed by atoms with Crippen LogP contribution in [-0.4, -0.2) is 46.4 Å². The molecule has 1 N–H and O–H groups in total. The van der Waals surface area contributed by atoms with Gasteiger partial charge in [0.2, 0.25) is 5.91 Å². The number of aromatic amines is 1. The van der Waals surface area contributed by atoms with Crippen LogP contribution in [0.15, 0.2) is 21.7 Å². The SMILES string of the molecule is O=C(Cn1[nH]c(=O)ccc1=O)N(CC1CCOC1)C1CC1. The molecular weight excluding hydrogens is 274 g/mol. The minimum Gasteiger partial charge on any atom is -0.381 e. The lowest BCUT2D eigenvalue weighted by molar-refractivity contribution is -0.133. The van der Waals surface area contributed by atoms with Crippen LogP contribution in [0.1, 0.15) is 19.3 Å². The first-order valence-electron chi connectivity index (χ1n) is 7.31. The molecule has 3 rings (SSSR count). The van der Waals surface area contributed by atoms with Crippen molar-refractivity contribution >= 4 is 5.91 Å². The van der Waals surface area contributed by atoms with Crippen molar-refractivity contribution in [1.82, 2.24) is 14.7 Å². The molecule has 114 valence electrons. The third-order valence-corrected chi connectivity index (χ3v) is 3.97. The van der Waals surface area contributed by atoms with Crippen LogP contribution in [0, 0.1) is 5.92 Å². The number of ether oxygens (including phenoxy) is 1. The second kappa shape index (κ2) is 5.85. The van der Waals surface area contributed by atoms with Gasteiger partial charge in [-0.1, -0.05) is 0 Å². The fourth-order valence-corrected chi connectivity index (χ4v) is 2.65. The average Bonchev–Trinajstić information content (AvgIpc) is 3.16. The number of nitrogens with one attached hydrogen (secondary N) is 1. The van der Waals surface area contributed by atoms with Gasteiger partial charge in [-0.15, -0.1) is 0 Å². The molecule has 1 saturated carbocycles. The maximum atomic E-state index is 12.4. The Bertz CT molecular complexity index is 626. The minimum atomic E-state index is -0.385. The molecule has 0 aromatic carbocycles. The van der Waals surface area contributed by atoms with Crippen LogP contribution in [0.25, 0.3) is 0 Å². The first-order chi connectivity index (χ1) is 10.1. The molecule has 2 fully saturated rings. The lowest BCUT2D eigenvalue weighted by atomic mass is 10.1. The maximum Gasteiger partial charge on any atom is 0.265 e. The summed E-state index contributed by atoms with van der Waals surface area (Å²) in [5, 5.41) is 2.39. The van der Waals surface area contributed by atoms with Gasteiger partial charge in [0.25, 0.3) is 11.1 Å². The van der Waals surface area contributed by atoms with Gasteiger partial charge in [-0.3, -0.25) is 19.5 Å². The van der Waals surface area contributed by atoms with E-state index in [1.165, 1.54) is 6.07 Å². The fraction of sp³-hybridized carbons (Fsp3) is 0.643. The fourth-order valence-electron chi connectivity index (χ4n) is 2.65. The maximum absolute atomic E-state index is 12.4. The van der Waals surface area contributed by atoms with Crippen LogP contribution in [-0.2, 0) is 16.1 Å². The van der Waals surface area contributed by atoms with E-state index in [0.29, 0.717) is 19.1 Å². The summed E-state index contributed by atoms with van der Waals surface area (Å²) < 4.78 is 6.42. The van der Waals surface area contributed by atoms with Crippen LogP contribution >= 0.6 is 0 Å². The molecule has 0 bridgehead atoms. The number of hydrogen-bond acceptors (Lipinski definition) is 4. The zero-order valence-electron chi connectivity index (χ0n) is 11.8. The number of rotatable bonds is 5. The Morgan fingerprint density at radius 2 is 2.14 bits per heavy atom. The van der Waals surface area contributed by atoms with Crippen molar-refractivity contribution in [3.63, 3.8) is 0 Å². The van der Waals surface area contributed by atoms with E-state index in [1.807, 2.05) is 4.90 Å². The van der Waals surface area contributed by atoms with Gasteiger partial charge in [-0.2, -0.15) is 0 Å². The zero-order chi connectivity index (χ0) is 14.8. The zero-order valence-corrected chi connectivity index (χ0v) is 11.8. The summed E-state index contributed by atoms with van der Waals surface area (Å²) in [4.78, 5) is 37.2. The number of aromatic nitrogens is 2. The summed E-state index contributed by atoms with van der Waals surface area (Å²) in [6.07, 6.45) is 3.00. The van der Waals surface area contributed by atoms with E-state index in [1.54, 1.807) is 0 Å². The minimum absolute atomic E-state index is 0.112. The van der Waals surface area contributed by atoms with E-state index in [0.717, 1.165) is 36.6 Å². The summed E-state index contributed by atoms with van der Waals surface area (Å²) in [5.74, 6) is 0.259. The van der Waals surface area contributed by atoms with E-state index >= 15 is 0 Å². The molecule has 2 heterocycles. The summed E-state index contributed by atoms with van der Waals surface area (Å²) >= 11 is 0. The molecule has 1 saturated heterocycles. The molecule has 1 aromatic rings. The molecule has 1 aliphatic heterocycles. The summed E-state index contributed by atoms with van der Waals surface area (Å²) in [6.45, 7) is 2.01. The summed E-state index contributed by atoms with van der Waals surface area (Å²) in [7, 11) is 0. The molecule has 1 amide bonds. The molecule has 7 heteroatoms. The second-order valence-electron chi connectivity index (χ2n) is 5.74. The number of carbonyl (C=O) groups is 1. The van der Waals surface area contributed by atoms with Gasteiger partial charge in [-0.05, 0) is 19.3 Å². The van der Waals surface area contributed by atoms with Crippen molar-refractivity contribution < 1.29 is 9.53 Å². The summed E-state index contributed by atoms with van der Waals surface area (Å²) in [6, 6.07) is 2.63. The Labute approximate surface area is 121 Å². The molecule has 1 atom stereocenters. The van der Waals surface area contributed by atoms with Crippen LogP contribution in [0.2, 0.25) is 0 Å². The Morgan fingerprint density at radius 3 is 2.81 bits per heavy atom. The number of carbonyl (C=O) groups excluding carboxylic acids is 1. The first-order valence-corrected chi connectivity index (χ1v) is 7.31. The van der Waals surface area contributed by atoms with Crippen molar-refractivity contribution in [2.24, 2.45) is 5.92 Å². The van der Waals surface area contributed by atoms with Gasteiger partial charge in [0.1, 0.15) is 6.54 Å². The Hall–Kier alpha value is -1.89. The third kappa shape index (κ3) is 3.41. The van der Waals surface area contributed by atoms with E-state index in [2.05, 4.69) is 5.10 Å². The van der Waals surface area contributed by atoms with Gasteiger partial charge < -0.3 is 9.64 Å². The van der Waals surface area contributed by atoms with Gasteiger partial charge in [0, 0.05) is 37.2 Å². The third-order valence-electron chi connectivity index (χ3n) is 3.97. The van der Waals surface area contributed by atoms with Gasteiger partial charge in [0.15, 0.2) is 0 Å². The second-order valence-corrected chi connectivity index (χ2v) is 5.74. The summed E-state index contributed by atoms with van der Waals surface area (Å²) in [5.41, 5.74) is -0.757. The first kappa shape index (κ1) is 14.1. The van der Waals surface area contributed by atoms with E-state index in [4.69, 9.17) is 4.74 Å². The highest BCUT2D eigenvalue weighted by Crippen LogP contribution is 2.29. The molecule has 2 aliphatic rings. The van der Waals surface area contributed by atoms with Crippen molar-refractivity contribution in [2.75, 3.05) is 19.8 Å². The smallest absolute Gasteiger partial charge is 0.265 e. The molecule has 1 aliphatic carbocycles. The molecule has 1 aromatic heterocycles.